The first kappa shape index (κ1) is 22.3. The summed E-state index contributed by atoms with van der Waals surface area (Å²) in [6.07, 6.45) is 1.61. The molecule has 0 aliphatic heterocycles. The minimum absolute atomic E-state index is 0.0206. The molecule has 2 rings (SSSR count). The van der Waals surface area contributed by atoms with Crippen LogP contribution in [0.2, 0.25) is 0 Å². The molecule has 2 aromatic carbocycles. The number of rotatable bonds is 8. The van der Waals surface area contributed by atoms with Gasteiger partial charge in [-0.2, -0.15) is 0 Å². The largest absolute Gasteiger partial charge is 0.507 e. The summed E-state index contributed by atoms with van der Waals surface area (Å²) in [4.78, 5) is 23.2. The molecule has 0 aromatic heterocycles. The maximum Gasteiger partial charge on any atom is 0.339 e. The lowest BCUT2D eigenvalue weighted by Crippen LogP contribution is -2.06. The van der Waals surface area contributed by atoms with Gasteiger partial charge in [-0.15, -0.1) is 0 Å². The highest BCUT2D eigenvalue weighted by atomic mass is 16.4. The zero-order valence-electron chi connectivity index (χ0n) is 17.2. The van der Waals surface area contributed by atoms with Crippen molar-refractivity contribution in [3.05, 3.63) is 57.6 Å². The van der Waals surface area contributed by atoms with Gasteiger partial charge in [-0.1, -0.05) is 39.8 Å². The van der Waals surface area contributed by atoms with Crippen molar-refractivity contribution >= 4 is 11.9 Å². The Labute approximate surface area is 170 Å². The van der Waals surface area contributed by atoms with Gasteiger partial charge >= 0.3 is 11.9 Å². The van der Waals surface area contributed by atoms with E-state index in [-0.39, 0.29) is 40.9 Å². The van der Waals surface area contributed by atoms with E-state index in [1.807, 2.05) is 27.7 Å². The third kappa shape index (κ3) is 4.70. The number of carbonyl (C=O) groups is 2. The summed E-state index contributed by atoms with van der Waals surface area (Å²) in [6.45, 7) is 7.90. The van der Waals surface area contributed by atoms with E-state index in [9.17, 15) is 30.0 Å². The Morgan fingerprint density at radius 3 is 1.38 bits per heavy atom. The van der Waals surface area contributed by atoms with Crippen molar-refractivity contribution in [1.82, 2.24) is 0 Å². The van der Waals surface area contributed by atoms with Gasteiger partial charge in [-0.25, -0.2) is 9.59 Å². The highest BCUT2D eigenvalue weighted by molar-refractivity contribution is 5.92. The summed E-state index contributed by atoms with van der Waals surface area (Å²) in [5.41, 5.74) is 1.83. The molecule has 6 nitrogen and oxygen atoms in total. The molecule has 156 valence electrons. The standard InChI is InChI=1S/C23H28O6/c1-5-12(3)14-7-16(20(24)18(10-14)22(26)27)9-17-8-15(13(4)6-2)11-19(21(17)25)23(28)29/h7-8,10-13,24-25H,5-6,9H2,1-4H3,(H,26,27)(H,28,29). The topological polar surface area (TPSA) is 115 Å². The second-order valence-electron chi connectivity index (χ2n) is 7.56. The van der Waals surface area contributed by atoms with E-state index in [1.54, 1.807) is 12.1 Å². The van der Waals surface area contributed by atoms with Gasteiger partial charge in [0.15, 0.2) is 0 Å². The second kappa shape index (κ2) is 8.99. The van der Waals surface area contributed by atoms with Crippen LogP contribution < -0.4 is 0 Å². The molecule has 0 aliphatic carbocycles. The molecule has 0 amide bonds. The summed E-state index contributed by atoms with van der Waals surface area (Å²) in [6, 6.07) is 6.39. The van der Waals surface area contributed by atoms with Gasteiger partial charge < -0.3 is 20.4 Å². The average molecular weight is 400 g/mol. The van der Waals surface area contributed by atoms with Crippen LogP contribution in [0.3, 0.4) is 0 Å². The number of hydrogen-bond acceptors (Lipinski definition) is 4. The molecule has 6 heteroatoms. The molecule has 0 fully saturated rings. The average Bonchev–Trinajstić information content (AvgIpc) is 2.68. The van der Waals surface area contributed by atoms with E-state index in [0.29, 0.717) is 11.1 Å². The summed E-state index contributed by atoms with van der Waals surface area (Å²) >= 11 is 0. The lowest BCUT2D eigenvalue weighted by molar-refractivity contribution is 0.0682. The minimum Gasteiger partial charge on any atom is -0.507 e. The maximum atomic E-state index is 11.6. The van der Waals surface area contributed by atoms with Crippen molar-refractivity contribution < 1.29 is 30.0 Å². The Hall–Kier alpha value is -3.02. The first-order valence-electron chi connectivity index (χ1n) is 9.78. The SMILES string of the molecule is CCC(C)c1cc(Cc2cc(C(C)CC)cc(C(=O)O)c2O)c(O)c(C(=O)O)c1. The maximum absolute atomic E-state index is 11.6. The number of aromatic hydroxyl groups is 2. The fourth-order valence-electron chi connectivity index (χ4n) is 3.28. The number of carboxylic acids is 2. The molecule has 0 saturated carbocycles. The summed E-state index contributed by atoms with van der Waals surface area (Å²) in [5, 5.41) is 40.0. The number of carboxylic acid groups (broad SMARTS) is 2. The van der Waals surface area contributed by atoms with Gasteiger partial charge in [0, 0.05) is 6.42 Å². The molecule has 2 aromatic rings. The molecule has 2 unspecified atom stereocenters. The molecule has 0 aliphatic rings. The fraction of sp³-hybridized carbons (Fsp3) is 0.391. The number of phenols is 2. The Morgan fingerprint density at radius 1 is 0.759 bits per heavy atom. The minimum atomic E-state index is -1.24. The lowest BCUT2D eigenvalue weighted by atomic mass is 9.89. The van der Waals surface area contributed by atoms with Crippen molar-refractivity contribution in [2.45, 2.75) is 58.8 Å². The fourth-order valence-corrected chi connectivity index (χ4v) is 3.28. The molecule has 0 spiro atoms. The predicted molar refractivity (Wildman–Crippen MR) is 110 cm³/mol. The van der Waals surface area contributed by atoms with Crippen LogP contribution in [0.1, 0.15) is 95.3 Å². The highest BCUT2D eigenvalue weighted by Crippen LogP contribution is 2.35. The quantitative estimate of drug-likeness (QED) is 0.489. The van der Waals surface area contributed by atoms with Crippen molar-refractivity contribution in [1.29, 1.82) is 0 Å². The molecular formula is C23H28O6. The molecule has 0 radical (unpaired) electrons. The lowest BCUT2D eigenvalue weighted by Gasteiger charge is -2.17. The van der Waals surface area contributed by atoms with Crippen LogP contribution in [-0.4, -0.2) is 32.4 Å². The number of benzene rings is 2. The smallest absolute Gasteiger partial charge is 0.339 e. The Morgan fingerprint density at radius 2 is 1.10 bits per heavy atom. The van der Waals surface area contributed by atoms with Crippen LogP contribution in [0.25, 0.3) is 0 Å². The zero-order valence-corrected chi connectivity index (χ0v) is 17.2. The molecule has 2 atom stereocenters. The normalized spacial score (nSPS) is 13.1. The van der Waals surface area contributed by atoms with Gasteiger partial charge in [0.25, 0.3) is 0 Å². The summed E-state index contributed by atoms with van der Waals surface area (Å²) < 4.78 is 0. The van der Waals surface area contributed by atoms with Crippen LogP contribution in [0, 0.1) is 0 Å². The van der Waals surface area contributed by atoms with E-state index in [2.05, 4.69) is 0 Å². The van der Waals surface area contributed by atoms with Crippen molar-refractivity contribution in [2.75, 3.05) is 0 Å². The zero-order chi connectivity index (χ0) is 21.9. The van der Waals surface area contributed by atoms with Crippen LogP contribution in [0.15, 0.2) is 24.3 Å². The van der Waals surface area contributed by atoms with Gasteiger partial charge in [0.1, 0.15) is 22.6 Å². The molecule has 0 saturated heterocycles. The van der Waals surface area contributed by atoms with Gasteiger partial charge in [-0.05, 0) is 59.1 Å². The van der Waals surface area contributed by atoms with Crippen molar-refractivity contribution in [3.63, 3.8) is 0 Å². The number of hydrogen-bond donors (Lipinski definition) is 4. The first-order valence-corrected chi connectivity index (χ1v) is 9.78. The molecule has 4 N–H and O–H groups in total. The van der Waals surface area contributed by atoms with Crippen LogP contribution >= 0.6 is 0 Å². The van der Waals surface area contributed by atoms with Gasteiger partial charge in [-0.3, -0.25) is 0 Å². The van der Waals surface area contributed by atoms with E-state index < -0.39 is 11.9 Å². The van der Waals surface area contributed by atoms with Crippen LogP contribution in [0.5, 0.6) is 11.5 Å². The summed E-state index contributed by atoms with van der Waals surface area (Å²) in [7, 11) is 0. The molecule has 0 heterocycles. The third-order valence-corrected chi connectivity index (χ3v) is 5.63. The number of aromatic carboxylic acids is 2. The third-order valence-electron chi connectivity index (χ3n) is 5.63. The molecule has 29 heavy (non-hydrogen) atoms. The monoisotopic (exact) mass is 400 g/mol. The second-order valence-corrected chi connectivity index (χ2v) is 7.56. The predicted octanol–water partition coefficient (Wildman–Crippen LogP) is 5.11. The molecular weight excluding hydrogens is 372 g/mol. The van der Waals surface area contributed by atoms with Crippen LogP contribution in [0.4, 0.5) is 0 Å². The highest BCUT2D eigenvalue weighted by Gasteiger charge is 2.22. The Balaban J connectivity index is 2.66. The molecule has 0 bridgehead atoms. The van der Waals surface area contributed by atoms with E-state index in [4.69, 9.17) is 0 Å². The van der Waals surface area contributed by atoms with Crippen molar-refractivity contribution in [3.8, 4) is 11.5 Å². The summed E-state index contributed by atoms with van der Waals surface area (Å²) in [5.74, 6) is -3.04. The van der Waals surface area contributed by atoms with E-state index in [0.717, 1.165) is 24.0 Å². The van der Waals surface area contributed by atoms with Gasteiger partial charge in [0.05, 0.1) is 0 Å². The van der Waals surface area contributed by atoms with Crippen LogP contribution in [-0.2, 0) is 6.42 Å². The Bertz CT molecular complexity index is 856. The van der Waals surface area contributed by atoms with E-state index >= 15 is 0 Å². The first-order chi connectivity index (χ1) is 13.6. The Kier molecular flexibility index (Phi) is 6.90. The van der Waals surface area contributed by atoms with Gasteiger partial charge in [0.2, 0.25) is 0 Å². The van der Waals surface area contributed by atoms with E-state index in [1.165, 1.54) is 12.1 Å². The van der Waals surface area contributed by atoms with Crippen molar-refractivity contribution in [2.24, 2.45) is 0 Å².